The molecular formula is C24H23ClN6O3. The molecule has 0 bridgehead atoms. The largest absolute Gasteiger partial charge is 0.381 e. The monoisotopic (exact) mass is 478 g/mol. The zero-order valence-corrected chi connectivity index (χ0v) is 19.2. The smallest absolute Gasteiger partial charge is 0.232 e. The summed E-state index contributed by atoms with van der Waals surface area (Å²) in [5.41, 5.74) is 5.71. The molecule has 9 nitrogen and oxygen atoms in total. The number of benzene rings is 1. The van der Waals surface area contributed by atoms with Crippen LogP contribution in [0.5, 0.6) is 0 Å². The van der Waals surface area contributed by atoms with Crippen LogP contribution in [0.4, 0.5) is 0 Å². The number of rotatable bonds is 4. The highest BCUT2D eigenvalue weighted by molar-refractivity contribution is 6.31. The van der Waals surface area contributed by atoms with Crippen molar-refractivity contribution in [3.8, 4) is 28.5 Å². The minimum atomic E-state index is 0.146. The molecule has 0 aliphatic carbocycles. The Balaban J connectivity index is 1.32. The SMILES string of the molecule is Clc1ccc2c(c1)-c1nn(CC3CCCO3)cc1Cc1c(-c3noc(C4CCOC4)n3)ncn1-2. The molecule has 174 valence electrons. The number of imidazole rings is 1. The lowest BCUT2D eigenvalue weighted by Crippen LogP contribution is -2.15. The fourth-order valence-corrected chi connectivity index (χ4v) is 5.33. The lowest BCUT2D eigenvalue weighted by atomic mass is 10.0. The highest BCUT2D eigenvalue weighted by Crippen LogP contribution is 2.38. The summed E-state index contributed by atoms with van der Waals surface area (Å²) in [6, 6.07) is 5.88. The zero-order chi connectivity index (χ0) is 22.6. The molecule has 10 heteroatoms. The normalized spacial score (nSPS) is 21.3. The quantitative estimate of drug-likeness (QED) is 0.385. The number of fused-ring (bicyclic) bond motifs is 5. The summed E-state index contributed by atoms with van der Waals surface area (Å²) in [4.78, 5) is 9.38. The Morgan fingerprint density at radius 1 is 1.15 bits per heavy atom. The van der Waals surface area contributed by atoms with E-state index in [1.54, 1.807) is 0 Å². The van der Waals surface area contributed by atoms with Gasteiger partial charge >= 0.3 is 0 Å². The Hall–Kier alpha value is -3.01. The van der Waals surface area contributed by atoms with Gasteiger partial charge in [-0.15, -0.1) is 0 Å². The van der Waals surface area contributed by atoms with E-state index in [1.807, 2.05) is 29.2 Å². The molecule has 34 heavy (non-hydrogen) atoms. The third-order valence-electron chi connectivity index (χ3n) is 6.88. The van der Waals surface area contributed by atoms with E-state index in [9.17, 15) is 0 Å². The third kappa shape index (κ3) is 3.38. The predicted molar refractivity (Wildman–Crippen MR) is 123 cm³/mol. The van der Waals surface area contributed by atoms with Gasteiger partial charge in [0.2, 0.25) is 11.7 Å². The van der Waals surface area contributed by atoms with Crippen molar-refractivity contribution < 1.29 is 14.0 Å². The van der Waals surface area contributed by atoms with Crippen LogP contribution in [0.1, 0.15) is 42.3 Å². The van der Waals surface area contributed by atoms with Gasteiger partial charge in [0.15, 0.2) is 0 Å². The minimum Gasteiger partial charge on any atom is -0.381 e. The lowest BCUT2D eigenvalue weighted by molar-refractivity contribution is 0.0940. The molecule has 0 radical (unpaired) electrons. The summed E-state index contributed by atoms with van der Waals surface area (Å²) < 4.78 is 21.0. The topological polar surface area (TPSA) is 93.0 Å². The van der Waals surface area contributed by atoms with Crippen LogP contribution in [-0.4, -0.2) is 55.4 Å². The van der Waals surface area contributed by atoms with Crippen LogP contribution >= 0.6 is 11.6 Å². The van der Waals surface area contributed by atoms with E-state index >= 15 is 0 Å². The first kappa shape index (κ1) is 20.4. The Morgan fingerprint density at radius 3 is 2.97 bits per heavy atom. The molecule has 3 aliphatic rings. The maximum absolute atomic E-state index is 6.41. The molecule has 0 N–H and O–H groups in total. The van der Waals surface area contributed by atoms with E-state index in [1.165, 1.54) is 0 Å². The molecule has 0 saturated carbocycles. The molecule has 2 unspecified atom stereocenters. The summed E-state index contributed by atoms with van der Waals surface area (Å²) in [5, 5.41) is 9.89. The second-order valence-electron chi connectivity index (χ2n) is 9.12. The van der Waals surface area contributed by atoms with Crippen LogP contribution in [-0.2, 0) is 22.4 Å². The van der Waals surface area contributed by atoms with Crippen molar-refractivity contribution in [2.75, 3.05) is 19.8 Å². The van der Waals surface area contributed by atoms with Crippen molar-refractivity contribution in [3.63, 3.8) is 0 Å². The third-order valence-corrected chi connectivity index (χ3v) is 7.12. The van der Waals surface area contributed by atoms with Crippen molar-refractivity contribution in [1.82, 2.24) is 29.5 Å². The van der Waals surface area contributed by atoms with Gasteiger partial charge in [-0.1, -0.05) is 16.8 Å². The standard InChI is InChI=1S/C24H23ClN6O3/c25-16-3-4-19-18(9-16)21-15(10-30(28-21)11-17-2-1-6-33-17)8-20-22(26-13-31(19)20)23-27-24(34-29-23)14-5-7-32-12-14/h3-4,9-10,13-14,17H,1-2,5-8,11-12H2. The molecule has 1 aromatic carbocycles. The van der Waals surface area contributed by atoms with Crippen molar-refractivity contribution >= 4 is 11.6 Å². The summed E-state index contributed by atoms with van der Waals surface area (Å²) in [7, 11) is 0. The lowest BCUT2D eigenvalue weighted by Gasteiger charge is -2.11. The van der Waals surface area contributed by atoms with Crippen LogP contribution in [0.25, 0.3) is 28.5 Å². The summed E-state index contributed by atoms with van der Waals surface area (Å²) >= 11 is 6.41. The highest BCUT2D eigenvalue weighted by atomic mass is 35.5. The number of halogens is 1. The van der Waals surface area contributed by atoms with E-state index < -0.39 is 0 Å². The van der Waals surface area contributed by atoms with Gasteiger partial charge < -0.3 is 18.6 Å². The molecule has 3 aliphatic heterocycles. The minimum absolute atomic E-state index is 0.146. The van der Waals surface area contributed by atoms with Crippen molar-refractivity contribution in [2.45, 2.75) is 44.2 Å². The van der Waals surface area contributed by atoms with Crippen molar-refractivity contribution in [1.29, 1.82) is 0 Å². The van der Waals surface area contributed by atoms with Crippen LogP contribution < -0.4 is 0 Å². The average Bonchev–Trinajstić information content (AvgIpc) is 3.64. The Kier molecular flexibility index (Phi) is 4.82. The van der Waals surface area contributed by atoms with Crippen molar-refractivity contribution in [2.24, 2.45) is 0 Å². The van der Waals surface area contributed by atoms with Crippen LogP contribution in [0.15, 0.2) is 35.2 Å². The Labute approximate surface area is 200 Å². The first-order chi connectivity index (χ1) is 16.7. The molecule has 6 heterocycles. The first-order valence-corrected chi connectivity index (χ1v) is 12.1. The summed E-state index contributed by atoms with van der Waals surface area (Å²) in [6.07, 6.45) is 7.84. The molecular weight excluding hydrogens is 456 g/mol. The van der Waals surface area contributed by atoms with E-state index in [0.717, 1.165) is 72.9 Å². The van der Waals surface area contributed by atoms with Gasteiger partial charge in [-0.3, -0.25) is 4.68 Å². The molecule has 0 amide bonds. The Morgan fingerprint density at radius 2 is 2.12 bits per heavy atom. The van der Waals surface area contributed by atoms with Crippen molar-refractivity contribution in [3.05, 3.63) is 52.9 Å². The second kappa shape index (κ2) is 8.04. The number of hydrogen-bond acceptors (Lipinski definition) is 7. The maximum atomic E-state index is 6.41. The molecule has 4 aromatic rings. The number of aromatic nitrogens is 6. The van der Waals surface area contributed by atoms with Crippen LogP contribution in [0.3, 0.4) is 0 Å². The fourth-order valence-electron chi connectivity index (χ4n) is 5.16. The molecule has 3 aromatic heterocycles. The second-order valence-corrected chi connectivity index (χ2v) is 9.56. The van der Waals surface area contributed by atoms with Gasteiger partial charge in [0, 0.05) is 42.0 Å². The molecule has 2 saturated heterocycles. The van der Waals surface area contributed by atoms with Gasteiger partial charge in [0.05, 0.1) is 42.2 Å². The molecule has 0 spiro atoms. The van der Waals surface area contributed by atoms with Gasteiger partial charge in [-0.2, -0.15) is 10.1 Å². The number of ether oxygens (including phenoxy) is 2. The number of hydrogen-bond donors (Lipinski definition) is 0. The predicted octanol–water partition coefficient (Wildman–Crippen LogP) is 4.03. The van der Waals surface area contributed by atoms with Crippen LogP contribution in [0.2, 0.25) is 5.02 Å². The first-order valence-electron chi connectivity index (χ1n) is 11.7. The zero-order valence-electron chi connectivity index (χ0n) is 18.5. The van der Waals surface area contributed by atoms with E-state index in [0.29, 0.717) is 29.8 Å². The van der Waals surface area contributed by atoms with E-state index in [2.05, 4.69) is 20.9 Å². The highest BCUT2D eigenvalue weighted by Gasteiger charge is 2.30. The van der Waals surface area contributed by atoms with Gasteiger partial charge in [0.1, 0.15) is 12.0 Å². The van der Waals surface area contributed by atoms with E-state index in [-0.39, 0.29) is 12.0 Å². The molecule has 2 atom stereocenters. The maximum Gasteiger partial charge on any atom is 0.232 e. The van der Waals surface area contributed by atoms with Gasteiger partial charge in [-0.05, 0) is 37.5 Å². The Bertz CT molecular complexity index is 1360. The molecule has 7 rings (SSSR count). The van der Waals surface area contributed by atoms with Gasteiger partial charge in [0.25, 0.3) is 0 Å². The van der Waals surface area contributed by atoms with E-state index in [4.69, 9.17) is 35.7 Å². The summed E-state index contributed by atoms with van der Waals surface area (Å²) in [5.74, 6) is 1.26. The fraction of sp³-hybridized carbons (Fsp3) is 0.417. The van der Waals surface area contributed by atoms with Gasteiger partial charge in [-0.25, -0.2) is 4.98 Å². The average molecular weight is 479 g/mol. The number of nitrogens with zero attached hydrogens (tertiary/aromatic N) is 6. The summed E-state index contributed by atoms with van der Waals surface area (Å²) in [6.45, 7) is 2.91. The van der Waals surface area contributed by atoms with Crippen LogP contribution in [0, 0.1) is 0 Å². The molecule has 2 fully saturated rings.